The monoisotopic (exact) mass is 319 g/mol. The third-order valence-corrected chi connectivity index (χ3v) is 4.66. The Bertz CT molecular complexity index is 877. The molecular formula is C20H21N3O. The van der Waals surface area contributed by atoms with Crippen molar-refractivity contribution >= 4 is 0 Å². The number of hydrogen-bond acceptors (Lipinski definition) is 4. The van der Waals surface area contributed by atoms with Crippen molar-refractivity contribution in [1.82, 2.24) is 10.1 Å². The Kier molecular flexibility index (Phi) is 3.69. The second-order valence-electron chi connectivity index (χ2n) is 6.71. The summed E-state index contributed by atoms with van der Waals surface area (Å²) in [5.74, 6) is 1.19. The lowest BCUT2D eigenvalue weighted by Crippen LogP contribution is -2.17. The highest BCUT2D eigenvalue weighted by atomic mass is 16.5. The maximum absolute atomic E-state index is 6.19. The van der Waals surface area contributed by atoms with E-state index in [1.54, 1.807) is 0 Å². The largest absolute Gasteiger partial charge is 0.334 e. The number of aryl methyl sites for hydroxylation is 3. The van der Waals surface area contributed by atoms with E-state index in [4.69, 9.17) is 10.3 Å². The molecule has 4 rings (SSSR count). The predicted molar refractivity (Wildman–Crippen MR) is 94.5 cm³/mol. The first-order valence-electron chi connectivity index (χ1n) is 8.41. The first-order valence-corrected chi connectivity index (χ1v) is 8.41. The molecule has 1 aliphatic rings. The molecule has 122 valence electrons. The van der Waals surface area contributed by atoms with Crippen molar-refractivity contribution in [2.24, 2.45) is 5.73 Å². The Labute approximate surface area is 141 Å². The summed E-state index contributed by atoms with van der Waals surface area (Å²) in [6.45, 7) is 4.15. The predicted octanol–water partition coefficient (Wildman–Crippen LogP) is 4.36. The number of nitrogens with zero attached hydrogens (tertiary/aromatic N) is 2. The summed E-state index contributed by atoms with van der Waals surface area (Å²) in [5.41, 5.74) is 13.1. The second-order valence-corrected chi connectivity index (χ2v) is 6.71. The van der Waals surface area contributed by atoms with E-state index in [1.165, 1.54) is 22.3 Å². The van der Waals surface area contributed by atoms with Gasteiger partial charge < -0.3 is 10.3 Å². The Morgan fingerprint density at radius 3 is 2.62 bits per heavy atom. The van der Waals surface area contributed by atoms with Crippen LogP contribution in [0.25, 0.3) is 22.8 Å². The minimum absolute atomic E-state index is 0.149. The first-order chi connectivity index (χ1) is 11.6. The highest BCUT2D eigenvalue weighted by Crippen LogP contribution is 2.32. The molecule has 0 bridgehead atoms. The van der Waals surface area contributed by atoms with Crippen molar-refractivity contribution in [3.63, 3.8) is 0 Å². The van der Waals surface area contributed by atoms with Crippen LogP contribution in [0.2, 0.25) is 0 Å². The molecule has 0 spiro atoms. The van der Waals surface area contributed by atoms with E-state index < -0.39 is 0 Å². The molecule has 0 saturated heterocycles. The van der Waals surface area contributed by atoms with Gasteiger partial charge in [-0.15, -0.1) is 0 Å². The molecule has 0 aliphatic heterocycles. The van der Waals surface area contributed by atoms with Crippen LogP contribution in [0, 0.1) is 13.8 Å². The highest BCUT2D eigenvalue weighted by molar-refractivity contribution is 5.62. The molecule has 4 heteroatoms. The molecular weight excluding hydrogens is 298 g/mol. The fourth-order valence-corrected chi connectivity index (χ4v) is 3.55. The number of fused-ring (bicyclic) bond motifs is 1. The molecule has 2 aromatic carbocycles. The van der Waals surface area contributed by atoms with Crippen LogP contribution in [0.1, 0.15) is 41.1 Å². The van der Waals surface area contributed by atoms with Crippen molar-refractivity contribution in [3.8, 4) is 22.8 Å². The average Bonchev–Trinajstić information content (AvgIpc) is 3.04. The third-order valence-electron chi connectivity index (χ3n) is 4.66. The third kappa shape index (κ3) is 2.74. The molecule has 24 heavy (non-hydrogen) atoms. The van der Waals surface area contributed by atoms with Gasteiger partial charge >= 0.3 is 0 Å². The van der Waals surface area contributed by atoms with Gasteiger partial charge in [-0.3, -0.25) is 0 Å². The molecule has 1 unspecified atom stereocenters. The lowest BCUT2D eigenvalue weighted by atomic mass is 9.87. The minimum Gasteiger partial charge on any atom is -0.334 e. The smallest absolute Gasteiger partial charge is 0.258 e. The van der Waals surface area contributed by atoms with Crippen molar-refractivity contribution in [2.45, 2.75) is 39.2 Å². The number of rotatable bonds is 2. The Balaban J connectivity index is 1.70. The van der Waals surface area contributed by atoms with Gasteiger partial charge in [-0.25, -0.2) is 0 Å². The van der Waals surface area contributed by atoms with Gasteiger partial charge in [0.15, 0.2) is 0 Å². The van der Waals surface area contributed by atoms with E-state index in [1.807, 2.05) is 6.07 Å². The topological polar surface area (TPSA) is 64.9 Å². The van der Waals surface area contributed by atoms with Gasteiger partial charge in [0.05, 0.1) is 0 Å². The van der Waals surface area contributed by atoms with Crippen molar-refractivity contribution in [1.29, 1.82) is 0 Å². The second kappa shape index (κ2) is 5.87. The Morgan fingerprint density at radius 1 is 1.04 bits per heavy atom. The molecule has 2 N–H and O–H groups in total. The van der Waals surface area contributed by atoms with Crippen LogP contribution < -0.4 is 5.73 Å². The van der Waals surface area contributed by atoms with Crippen LogP contribution in [-0.2, 0) is 6.42 Å². The van der Waals surface area contributed by atoms with Crippen LogP contribution in [0.3, 0.4) is 0 Å². The van der Waals surface area contributed by atoms with Gasteiger partial charge in [0, 0.05) is 17.2 Å². The van der Waals surface area contributed by atoms with E-state index in [0.29, 0.717) is 11.7 Å². The lowest BCUT2D eigenvalue weighted by molar-refractivity contribution is 0.432. The standard InChI is InChI=1S/C20H21N3O/c1-12-8-13(2)10-16(9-12)19-22-20(24-23-19)15-6-7-17-14(11-15)4-3-5-18(17)21/h6-11,18H,3-5,21H2,1-2H3. The zero-order valence-electron chi connectivity index (χ0n) is 14.0. The zero-order valence-corrected chi connectivity index (χ0v) is 14.0. The summed E-state index contributed by atoms with van der Waals surface area (Å²) in [7, 11) is 0. The number of benzene rings is 2. The van der Waals surface area contributed by atoms with Crippen LogP contribution in [0.5, 0.6) is 0 Å². The fourth-order valence-electron chi connectivity index (χ4n) is 3.55. The highest BCUT2D eigenvalue weighted by Gasteiger charge is 2.19. The van der Waals surface area contributed by atoms with Crippen molar-refractivity contribution < 1.29 is 4.52 Å². The summed E-state index contributed by atoms with van der Waals surface area (Å²) < 4.78 is 5.51. The van der Waals surface area contributed by atoms with Crippen LogP contribution >= 0.6 is 0 Å². The summed E-state index contributed by atoms with van der Waals surface area (Å²) in [4.78, 5) is 4.59. The fraction of sp³-hybridized carbons (Fsp3) is 0.300. The van der Waals surface area contributed by atoms with Gasteiger partial charge in [-0.2, -0.15) is 4.98 Å². The normalized spacial score (nSPS) is 16.9. The molecule has 0 fully saturated rings. The number of hydrogen-bond donors (Lipinski definition) is 1. The summed E-state index contributed by atoms with van der Waals surface area (Å²) >= 11 is 0. The van der Waals surface area contributed by atoms with Gasteiger partial charge in [-0.05, 0) is 68.5 Å². The SMILES string of the molecule is Cc1cc(C)cc(-c2noc(-c3ccc4c(c3)CCCC4N)n2)c1. The van der Waals surface area contributed by atoms with Gasteiger partial charge in [0.25, 0.3) is 5.89 Å². The van der Waals surface area contributed by atoms with Crippen molar-refractivity contribution in [3.05, 3.63) is 58.7 Å². The molecule has 1 atom stereocenters. The van der Waals surface area contributed by atoms with Crippen LogP contribution in [-0.4, -0.2) is 10.1 Å². The van der Waals surface area contributed by atoms with E-state index in [2.05, 4.69) is 54.3 Å². The van der Waals surface area contributed by atoms with E-state index in [9.17, 15) is 0 Å². The minimum atomic E-state index is 0.149. The summed E-state index contributed by atoms with van der Waals surface area (Å²) in [6, 6.07) is 12.7. The molecule has 4 nitrogen and oxygen atoms in total. The van der Waals surface area contributed by atoms with E-state index in [-0.39, 0.29) is 6.04 Å². The summed E-state index contributed by atoms with van der Waals surface area (Å²) in [5, 5.41) is 4.16. The maximum Gasteiger partial charge on any atom is 0.258 e. The Hall–Kier alpha value is -2.46. The molecule has 0 saturated carbocycles. The van der Waals surface area contributed by atoms with Crippen LogP contribution in [0.4, 0.5) is 0 Å². The lowest BCUT2D eigenvalue weighted by Gasteiger charge is -2.22. The zero-order chi connectivity index (χ0) is 16.7. The molecule has 0 radical (unpaired) electrons. The summed E-state index contributed by atoms with van der Waals surface area (Å²) in [6.07, 6.45) is 3.26. The number of aromatic nitrogens is 2. The van der Waals surface area contributed by atoms with Crippen LogP contribution in [0.15, 0.2) is 40.9 Å². The first kappa shape index (κ1) is 15.1. The van der Waals surface area contributed by atoms with E-state index in [0.717, 1.165) is 30.4 Å². The Morgan fingerprint density at radius 2 is 1.83 bits per heavy atom. The maximum atomic E-state index is 6.19. The molecule has 3 aromatic rings. The molecule has 0 amide bonds. The van der Waals surface area contributed by atoms with Gasteiger partial charge in [0.1, 0.15) is 0 Å². The molecule has 1 aliphatic carbocycles. The molecule has 1 aromatic heterocycles. The van der Waals surface area contributed by atoms with Crippen molar-refractivity contribution in [2.75, 3.05) is 0 Å². The van der Waals surface area contributed by atoms with E-state index >= 15 is 0 Å². The molecule has 1 heterocycles. The van der Waals surface area contributed by atoms with Gasteiger partial charge in [-0.1, -0.05) is 28.4 Å². The average molecular weight is 319 g/mol. The van der Waals surface area contributed by atoms with Gasteiger partial charge in [0.2, 0.25) is 5.82 Å². The quantitative estimate of drug-likeness (QED) is 0.762. The number of nitrogens with two attached hydrogens (primary N) is 1.